The molecule has 2 aromatic carbocycles. The summed E-state index contributed by atoms with van der Waals surface area (Å²) < 4.78 is 1.82. The molecule has 2 aliphatic heterocycles. The Bertz CT molecular complexity index is 1150. The van der Waals surface area contributed by atoms with Gasteiger partial charge in [0.05, 0.1) is 37.1 Å². The number of fused-ring (bicyclic) bond motifs is 2. The number of hydrogen-bond donors (Lipinski definition) is 1. The van der Waals surface area contributed by atoms with Crippen molar-refractivity contribution in [2.24, 2.45) is 0 Å². The molecule has 6 nitrogen and oxygen atoms in total. The summed E-state index contributed by atoms with van der Waals surface area (Å²) in [6.45, 7) is 5.13. The first-order chi connectivity index (χ1) is 15.2. The number of aromatic nitrogens is 2. The van der Waals surface area contributed by atoms with Crippen LogP contribution in [0, 0.1) is 0 Å². The Morgan fingerprint density at radius 1 is 0.968 bits per heavy atom. The van der Waals surface area contributed by atoms with Gasteiger partial charge >= 0.3 is 0 Å². The van der Waals surface area contributed by atoms with Crippen molar-refractivity contribution in [1.82, 2.24) is 14.5 Å². The number of quaternary nitrogens is 1. The van der Waals surface area contributed by atoms with Gasteiger partial charge in [0.1, 0.15) is 12.4 Å². The van der Waals surface area contributed by atoms with Crippen molar-refractivity contribution >= 4 is 16.8 Å². The summed E-state index contributed by atoms with van der Waals surface area (Å²) in [4.78, 5) is 34.3. The van der Waals surface area contributed by atoms with Crippen LogP contribution in [0.2, 0.25) is 0 Å². The van der Waals surface area contributed by atoms with Crippen LogP contribution in [0.3, 0.4) is 0 Å². The fraction of sp³-hybridized carbons (Fsp3) is 0.400. The summed E-state index contributed by atoms with van der Waals surface area (Å²) in [7, 11) is 0. The minimum Gasteiger partial charge on any atom is -0.328 e. The van der Waals surface area contributed by atoms with Crippen LogP contribution in [0.4, 0.5) is 0 Å². The molecule has 0 radical (unpaired) electrons. The van der Waals surface area contributed by atoms with Crippen molar-refractivity contribution in [3.63, 3.8) is 0 Å². The molecule has 0 saturated carbocycles. The lowest BCUT2D eigenvalue weighted by Crippen LogP contribution is -3.13. The number of benzene rings is 2. The van der Waals surface area contributed by atoms with Crippen LogP contribution in [0.1, 0.15) is 41.0 Å². The molecule has 1 aromatic heterocycles. The molecule has 3 aromatic rings. The van der Waals surface area contributed by atoms with Gasteiger partial charge in [0.15, 0.2) is 0 Å². The molecular formula is C25H29N4O2+. The van der Waals surface area contributed by atoms with E-state index in [1.54, 1.807) is 12.1 Å². The zero-order chi connectivity index (χ0) is 21.2. The van der Waals surface area contributed by atoms with Crippen molar-refractivity contribution < 1.29 is 9.69 Å². The zero-order valence-corrected chi connectivity index (χ0v) is 17.8. The van der Waals surface area contributed by atoms with Crippen LogP contribution in [0.5, 0.6) is 0 Å². The fourth-order valence-electron chi connectivity index (χ4n) is 4.82. The highest BCUT2D eigenvalue weighted by Gasteiger charge is 2.25. The number of aryl methyl sites for hydroxylation is 1. The number of piperazine rings is 1. The maximum atomic E-state index is 13.1. The van der Waals surface area contributed by atoms with Gasteiger partial charge < -0.3 is 9.80 Å². The minimum atomic E-state index is 0.0269. The van der Waals surface area contributed by atoms with Crippen molar-refractivity contribution in [1.29, 1.82) is 0 Å². The largest absolute Gasteiger partial charge is 0.328 e. The van der Waals surface area contributed by atoms with E-state index in [4.69, 9.17) is 4.98 Å². The molecule has 0 bridgehead atoms. The van der Waals surface area contributed by atoms with E-state index in [9.17, 15) is 9.59 Å². The van der Waals surface area contributed by atoms with Gasteiger partial charge in [0.2, 0.25) is 0 Å². The normalized spacial score (nSPS) is 17.4. The number of carbonyl (C=O) groups excluding carboxylic acids is 1. The first kappa shape index (κ1) is 19.9. The molecule has 0 unspecified atom stereocenters. The predicted molar refractivity (Wildman–Crippen MR) is 120 cm³/mol. The van der Waals surface area contributed by atoms with E-state index in [1.807, 2.05) is 21.6 Å². The minimum absolute atomic E-state index is 0.0269. The second-order valence-electron chi connectivity index (χ2n) is 8.73. The third kappa shape index (κ3) is 4.12. The Labute approximate surface area is 182 Å². The molecule has 31 heavy (non-hydrogen) atoms. The summed E-state index contributed by atoms with van der Waals surface area (Å²) in [5, 5.41) is 0.610. The third-order valence-corrected chi connectivity index (χ3v) is 6.62. The summed E-state index contributed by atoms with van der Waals surface area (Å²) >= 11 is 0. The number of nitrogens with one attached hydrogen (secondary N) is 1. The highest BCUT2D eigenvalue weighted by atomic mass is 16.2. The summed E-state index contributed by atoms with van der Waals surface area (Å²) in [6.07, 6.45) is 4.04. The monoisotopic (exact) mass is 417 g/mol. The second-order valence-corrected chi connectivity index (χ2v) is 8.73. The number of hydrogen-bond acceptors (Lipinski definition) is 3. The van der Waals surface area contributed by atoms with Gasteiger partial charge in [-0.25, -0.2) is 4.98 Å². The standard InChI is InChI=1S/C25H28N4O2/c30-24(28-15-13-27(14-16-28)18-19-7-3-1-4-8-19)20-10-11-21-22(17-20)26-23-9-5-2-6-12-29(23)25(21)31/h1,3-4,7-8,10-11,17H,2,5-6,9,12-16,18H2/p+1. The van der Waals surface area contributed by atoms with Crippen LogP contribution >= 0.6 is 0 Å². The lowest BCUT2D eigenvalue weighted by Gasteiger charge is -2.32. The summed E-state index contributed by atoms with van der Waals surface area (Å²) in [5.74, 6) is 0.898. The molecule has 0 aliphatic carbocycles. The van der Waals surface area contributed by atoms with E-state index < -0.39 is 0 Å². The molecule has 0 spiro atoms. The summed E-state index contributed by atoms with van der Waals surface area (Å²) in [5.41, 5.74) is 2.64. The van der Waals surface area contributed by atoms with Crippen molar-refractivity contribution in [2.45, 2.75) is 38.8 Å². The van der Waals surface area contributed by atoms with Crippen LogP contribution in [-0.4, -0.2) is 46.5 Å². The highest BCUT2D eigenvalue weighted by molar-refractivity contribution is 5.97. The Hall–Kier alpha value is -2.99. The highest BCUT2D eigenvalue weighted by Crippen LogP contribution is 2.17. The van der Waals surface area contributed by atoms with Crippen LogP contribution < -0.4 is 10.5 Å². The first-order valence-electron chi connectivity index (χ1n) is 11.4. The fourth-order valence-corrected chi connectivity index (χ4v) is 4.82. The Kier molecular flexibility index (Phi) is 5.55. The lowest BCUT2D eigenvalue weighted by molar-refractivity contribution is -0.917. The van der Waals surface area contributed by atoms with E-state index in [0.717, 1.165) is 70.8 Å². The lowest BCUT2D eigenvalue weighted by atomic mass is 10.1. The van der Waals surface area contributed by atoms with E-state index in [0.29, 0.717) is 16.5 Å². The first-order valence-corrected chi connectivity index (χ1v) is 11.4. The second kappa shape index (κ2) is 8.63. The van der Waals surface area contributed by atoms with Gasteiger partial charge in [-0.15, -0.1) is 0 Å². The van der Waals surface area contributed by atoms with E-state index >= 15 is 0 Å². The van der Waals surface area contributed by atoms with Gasteiger partial charge in [-0.05, 0) is 31.0 Å². The molecule has 1 saturated heterocycles. The molecule has 5 rings (SSSR count). The molecule has 1 fully saturated rings. The topological polar surface area (TPSA) is 59.6 Å². The van der Waals surface area contributed by atoms with E-state index in [1.165, 1.54) is 10.5 Å². The number of carbonyl (C=O) groups is 1. The van der Waals surface area contributed by atoms with Crippen molar-refractivity contribution in [3.8, 4) is 0 Å². The van der Waals surface area contributed by atoms with E-state index in [2.05, 4.69) is 24.3 Å². The van der Waals surface area contributed by atoms with Crippen LogP contribution in [0.15, 0.2) is 53.3 Å². The molecule has 1 amide bonds. The molecule has 160 valence electrons. The Morgan fingerprint density at radius 2 is 1.77 bits per heavy atom. The average Bonchev–Trinajstić information content (AvgIpc) is 3.05. The summed E-state index contributed by atoms with van der Waals surface area (Å²) in [6, 6.07) is 15.9. The maximum Gasteiger partial charge on any atom is 0.261 e. The predicted octanol–water partition coefficient (Wildman–Crippen LogP) is 1.66. The number of amides is 1. The van der Waals surface area contributed by atoms with Gasteiger partial charge in [-0.3, -0.25) is 14.2 Å². The van der Waals surface area contributed by atoms with Gasteiger partial charge in [-0.2, -0.15) is 0 Å². The van der Waals surface area contributed by atoms with Gasteiger partial charge in [0, 0.05) is 24.1 Å². The zero-order valence-electron chi connectivity index (χ0n) is 17.8. The number of rotatable bonds is 3. The van der Waals surface area contributed by atoms with Gasteiger partial charge in [0.25, 0.3) is 11.5 Å². The molecule has 6 heteroatoms. The van der Waals surface area contributed by atoms with Crippen LogP contribution in [-0.2, 0) is 19.5 Å². The molecule has 3 heterocycles. The van der Waals surface area contributed by atoms with Crippen molar-refractivity contribution in [3.05, 3.63) is 75.8 Å². The van der Waals surface area contributed by atoms with E-state index in [-0.39, 0.29) is 11.5 Å². The Morgan fingerprint density at radius 3 is 2.58 bits per heavy atom. The number of nitrogens with zero attached hydrogens (tertiary/aromatic N) is 3. The van der Waals surface area contributed by atoms with Crippen molar-refractivity contribution in [2.75, 3.05) is 26.2 Å². The SMILES string of the molecule is O=C(c1ccc2c(=O)n3c(nc2c1)CCCCC3)N1CC[NH+](Cc2ccccc2)CC1. The quantitative estimate of drug-likeness (QED) is 0.705. The van der Waals surface area contributed by atoms with Gasteiger partial charge in [-0.1, -0.05) is 36.8 Å². The third-order valence-electron chi connectivity index (χ3n) is 6.62. The molecule has 1 N–H and O–H groups in total. The molecule has 0 atom stereocenters. The maximum absolute atomic E-state index is 13.1. The van der Waals surface area contributed by atoms with Crippen LogP contribution in [0.25, 0.3) is 10.9 Å². The molecule has 2 aliphatic rings. The Balaban J connectivity index is 1.31. The smallest absolute Gasteiger partial charge is 0.261 e. The average molecular weight is 418 g/mol. The molecular weight excluding hydrogens is 388 g/mol.